The first-order chi connectivity index (χ1) is 11.7. The van der Waals surface area contributed by atoms with E-state index in [1.54, 1.807) is 19.1 Å². The Morgan fingerprint density at radius 3 is 2.64 bits per heavy atom. The number of anilines is 1. The molecular formula is C16H17N3O5S. The van der Waals surface area contributed by atoms with Crippen molar-refractivity contribution in [1.29, 1.82) is 0 Å². The van der Waals surface area contributed by atoms with Crippen molar-refractivity contribution in [3.63, 3.8) is 0 Å². The van der Waals surface area contributed by atoms with Crippen LogP contribution in [0.4, 0.5) is 5.69 Å². The van der Waals surface area contributed by atoms with Gasteiger partial charge in [-0.2, -0.15) is 0 Å². The molecule has 0 saturated carbocycles. The summed E-state index contributed by atoms with van der Waals surface area (Å²) in [6.45, 7) is 1.65. The summed E-state index contributed by atoms with van der Waals surface area (Å²) in [5.74, 6) is -1.40. The first kappa shape index (κ1) is 17.2. The van der Waals surface area contributed by atoms with Gasteiger partial charge < -0.3 is 15.4 Å². The number of carboxylic acids is 1. The average molecular weight is 363 g/mol. The van der Waals surface area contributed by atoms with E-state index in [0.29, 0.717) is 28.1 Å². The van der Waals surface area contributed by atoms with Crippen molar-refractivity contribution in [2.24, 2.45) is 0 Å². The lowest BCUT2D eigenvalue weighted by atomic mass is 10.0. The number of aromatic amines is 1. The van der Waals surface area contributed by atoms with Gasteiger partial charge in [-0.15, -0.1) is 10.8 Å². The molecule has 0 aliphatic carbocycles. The van der Waals surface area contributed by atoms with Crippen LogP contribution in [-0.2, 0) is 4.79 Å². The van der Waals surface area contributed by atoms with Crippen LogP contribution >= 0.6 is 10.8 Å². The number of amides is 1. The molecule has 0 fully saturated rings. The van der Waals surface area contributed by atoms with E-state index in [2.05, 4.69) is 15.0 Å². The fourth-order valence-electron chi connectivity index (χ4n) is 2.63. The van der Waals surface area contributed by atoms with E-state index in [9.17, 15) is 18.7 Å². The summed E-state index contributed by atoms with van der Waals surface area (Å²) >= 11 is 0. The third kappa shape index (κ3) is 2.94. The maximum atomic E-state index is 12.3. The number of carbonyl (C=O) groups excluding carboxylic acids is 1. The summed E-state index contributed by atoms with van der Waals surface area (Å²) in [5.41, 5.74) is 2.52. The van der Waals surface area contributed by atoms with Crippen LogP contribution in [0, 0.1) is 6.92 Å². The van der Waals surface area contributed by atoms with Crippen molar-refractivity contribution in [1.82, 2.24) is 9.71 Å². The van der Waals surface area contributed by atoms with Gasteiger partial charge in [-0.25, -0.2) is 9.52 Å². The molecule has 1 aliphatic heterocycles. The average Bonchev–Trinajstić information content (AvgIpc) is 3.08. The molecular weight excluding hydrogens is 346 g/mol. The summed E-state index contributed by atoms with van der Waals surface area (Å²) in [7, 11) is -1.72. The number of rotatable bonds is 4. The van der Waals surface area contributed by atoms with E-state index in [1.165, 1.54) is 25.4 Å². The van der Waals surface area contributed by atoms with Crippen LogP contribution in [0.1, 0.15) is 27.2 Å². The highest BCUT2D eigenvalue weighted by Gasteiger charge is 2.27. The largest absolute Gasteiger partial charge is 0.478 e. The smallest absolute Gasteiger partial charge is 0.337 e. The third-order valence-electron chi connectivity index (χ3n) is 4.09. The monoisotopic (exact) mass is 363 g/mol. The van der Waals surface area contributed by atoms with E-state index < -0.39 is 16.7 Å². The predicted molar refractivity (Wildman–Crippen MR) is 95.6 cm³/mol. The molecule has 25 heavy (non-hydrogen) atoms. The number of fused-ring (bicyclic) bond motifs is 1. The molecule has 3 rings (SSSR count). The maximum Gasteiger partial charge on any atom is 0.337 e. The molecule has 2 aromatic rings. The molecule has 132 valence electrons. The maximum absolute atomic E-state index is 12.3. The van der Waals surface area contributed by atoms with Crippen molar-refractivity contribution in [3.8, 4) is 0 Å². The Labute approximate surface area is 145 Å². The minimum Gasteiger partial charge on any atom is -0.478 e. The second-order valence-electron chi connectivity index (χ2n) is 5.52. The zero-order valence-electron chi connectivity index (χ0n) is 13.5. The molecule has 0 radical (unpaired) electrons. The van der Waals surface area contributed by atoms with E-state index in [0.717, 1.165) is 0 Å². The van der Waals surface area contributed by atoms with E-state index in [1.807, 2.05) is 0 Å². The molecule has 0 unspecified atom stereocenters. The van der Waals surface area contributed by atoms with Gasteiger partial charge in [-0.05, 0) is 36.8 Å². The lowest BCUT2D eigenvalue weighted by Gasteiger charge is -2.31. The van der Waals surface area contributed by atoms with Crippen molar-refractivity contribution in [2.75, 3.05) is 12.4 Å². The molecule has 8 nitrogen and oxygen atoms in total. The number of hydrogen-bond acceptors (Lipinski definition) is 5. The van der Waals surface area contributed by atoms with Gasteiger partial charge >= 0.3 is 5.97 Å². The molecule has 0 atom stereocenters. The van der Waals surface area contributed by atoms with Crippen LogP contribution in [0.2, 0.25) is 0 Å². The molecule has 1 aliphatic rings. The van der Waals surface area contributed by atoms with Gasteiger partial charge in [0, 0.05) is 30.2 Å². The van der Waals surface area contributed by atoms with Crippen LogP contribution in [0.15, 0.2) is 29.3 Å². The molecule has 0 spiro atoms. The Hall–Kier alpha value is -2.59. The van der Waals surface area contributed by atoms with E-state index in [-0.39, 0.29) is 16.4 Å². The van der Waals surface area contributed by atoms with Gasteiger partial charge in [0.25, 0.3) is 5.91 Å². The first-order valence-electron chi connectivity index (χ1n) is 7.30. The topological polar surface area (TPSA) is 135 Å². The number of benzene rings is 1. The fourth-order valence-corrected chi connectivity index (χ4v) is 3.41. The number of aromatic nitrogens is 1. The van der Waals surface area contributed by atoms with Crippen molar-refractivity contribution in [2.45, 2.75) is 11.8 Å². The third-order valence-corrected chi connectivity index (χ3v) is 5.57. The van der Waals surface area contributed by atoms with Gasteiger partial charge in [0.05, 0.1) is 16.0 Å². The van der Waals surface area contributed by atoms with Gasteiger partial charge in [0.1, 0.15) is 0 Å². The number of aromatic carboxylic acids is 1. The van der Waals surface area contributed by atoms with Crippen molar-refractivity contribution >= 4 is 40.0 Å². The Morgan fingerprint density at radius 2 is 2.04 bits per heavy atom. The van der Waals surface area contributed by atoms with Crippen molar-refractivity contribution < 1.29 is 23.8 Å². The van der Waals surface area contributed by atoms with Gasteiger partial charge in [-0.1, -0.05) is 0 Å². The van der Waals surface area contributed by atoms with Crippen LogP contribution in [0.3, 0.4) is 0 Å². The normalized spacial score (nSPS) is 16.0. The standard InChI is InChI=1S/C16H17N3O5S/c1-8-12(16(21)22)7-18-14(8)6-11-10-5-9(25(23,24)17-2)3-4-13(10)19-15(11)20/h3-7,17-18,23-24H,1-2H3,(H,19,20)(H,21,22)/b11-6-. The highest BCUT2D eigenvalue weighted by molar-refractivity contribution is 8.22. The van der Waals surface area contributed by atoms with E-state index in [4.69, 9.17) is 5.11 Å². The predicted octanol–water partition coefficient (Wildman–Crippen LogP) is 2.76. The summed E-state index contributed by atoms with van der Waals surface area (Å²) in [4.78, 5) is 26.5. The Balaban J connectivity index is 2.10. The van der Waals surface area contributed by atoms with Gasteiger partial charge in [-0.3, -0.25) is 13.9 Å². The second kappa shape index (κ2) is 6.05. The molecule has 0 bridgehead atoms. The summed E-state index contributed by atoms with van der Waals surface area (Å²) in [5, 5.41) is 11.8. The summed E-state index contributed by atoms with van der Waals surface area (Å²) < 4.78 is 22.5. The molecule has 6 N–H and O–H groups in total. The number of carboxylic acid groups (broad SMARTS) is 1. The highest BCUT2D eigenvalue weighted by Crippen LogP contribution is 2.46. The number of hydrogen-bond donors (Lipinski definition) is 6. The van der Waals surface area contributed by atoms with Crippen LogP contribution in [-0.4, -0.2) is 38.1 Å². The molecule has 0 saturated heterocycles. The number of nitrogens with one attached hydrogen (secondary N) is 3. The minimum absolute atomic E-state index is 0.128. The molecule has 1 aromatic carbocycles. The number of H-pyrrole nitrogens is 1. The molecule has 2 heterocycles. The van der Waals surface area contributed by atoms with E-state index >= 15 is 0 Å². The SMILES string of the molecule is CNS(O)(O)c1ccc2c(c1)/C(=C/c1[nH]cc(C(=O)O)c1C)C(=O)N2. The summed E-state index contributed by atoms with van der Waals surface area (Å²) in [6.07, 6.45) is 2.92. The zero-order valence-corrected chi connectivity index (χ0v) is 14.3. The fraction of sp³-hybridized carbons (Fsp3) is 0.125. The highest BCUT2D eigenvalue weighted by atomic mass is 32.3. The van der Waals surface area contributed by atoms with Gasteiger partial charge in [0.2, 0.25) is 0 Å². The minimum atomic E-state index is -3.15. The molecule has 1 amide bonds. The Kier molecular flexibility index (Phi) is 4.17. The number of carbonyl (C=O) groups is 2. The lowest BCUT2D eigenvalue weighted by Crippen LogP contribution is -2.14. The lowest BCUT2D eigenvalue weighted by molar-refractivity contribution is -0.110. The zero-order chi connectivity index (χ0) is 18.4. The van der Waals surface area contributed by atoms with Crippen LogP contribution in [0.25, 0.3) is 11.6 Å². The second-order valence-corrected chi connectivity index (χ2v) is 7.50. The van der Waals surface area contributed by atoms with Crippen LogP contribution < -0.4 is 10.0 Å². The molecule has 1 aromatic heterocycles. The first-order valence-corrected chi connectivity index (χ1v) is 8.84. The Morgan fingerprint density at radius 1 is 1.32 bits per heavy atom. The van der Waals surface area contributed by atoms with Crippen molar-refractivity contribution in [3.05, 3.63) is 46.8 Å². The van der Waals surface area contributed by atoms with Crippen LogP contribution in [0.5, 0.6) is 0 Å². The van der Waals surface area contributed by atoms with Gasteiger partial charge in [0.15, 0.2) is 0 Å². The Bertz CT molecular complexity index is 916. The quantitative estimate of drug-likeness (QED) is 0.463. The summed E-state index contributed by atoms with van der Waals surface area (Å²) in [6, 6.07) is 4.65. The molecule has 9 heteroatoms.